The van der Waals surface area contributed by atoms with Gasteiger partial charge in [0.25, 0.3) is 0 Å². The summed E-state index contributed by atoms with van der Waals surface area (Å²) in [5.41, 5.74) is 2.58. The topological polar surface area (TPSA) is 47.8 Å². The first-order chi connectivity index (χ1) is 9.65. The van der Waals surface area contributed by atoms with Gasteiger partial charge in [0.2, 0.25) is 0 Å². The molecule has 2 heterocycles. The van der Waals surface area contributed by atoms with Crippen LogP contribution in [-0.4, -0.2) is 20.3 Å². The Morgan fingerprint density at radius 2 is 2.00 bits per heavy atom. The molecule has 0 aliphatic rings. The molecule has 0 N–H and O–H groups in total. The second-order valence-electron chi connectivity index (χ2n) is 4.55. The number of halogens is 1. The summed E-state index contributed by atoms with van der Waals surface area (Å²) in [7, 11) is 0. The normalized spacial score (nSPS) is 10.9. The zero-order valence-electron chi connectivity index (χ0n) is 10.9. The monoisotopic (exact) mass is 329 g/mol. The number of hydrogen-bond donors (Lipinski definition) is 0. The summed E-state index contributed by atoms with van der Waals surface area (Å²) in [4.78, 5) is 20.5. The molecule has 0 spiro atoms. The average molecular weight is 330 g/mol. The van der Waals surface area contributed by atoms with Gasteiger partial charge >= 0.3 is 0 Å². The predicted molar refractivity (Wildman–Crippen MR) is 80.8 cm³/mol. The van der Waals surface area contributed by atoms with Gasteiger partial charge in [-0.3, -0.25) is 4.79 Å². The second kappa shape index (κ2) is 5.17. The number of ketones is 1. The Labute approximate surface area is 124 Å². The zero-order chi connectivity index (χ0) is 14.1. The van der Waals surface area contributed by atoms with E-state index in [1.807, 2.05) is 41.0 Å². The van der Waals surface area contributed by atoms with Crippen LogP contribution in [0.1, 0.15) is 23.1 Å². The Morgan fingerprint density at radius 1 is 1.25 bits per heavy atom. The van der Waals surface area contributed by atoms with Crippen molar-refractivity contribution in [3.8, 4) is 0 Å². The van der Waals surface area contributed by atoms with Gasteiger partial charge in [0.15, 0.2) is 17.3 Å². The van der Waals surface area contributed by atoms with Crippen LogP contribution in [0, 0.1) is 0 Å². The lowest BCUT2D eigenvalue weighted by atomic mass is 10.2. The molecule has 0 radical (unpaired) electrons. The van der Waals surface area contributed by atoms with Gasteiger partial charge in [-0.15, -0.1) is 0 Å². The lowest BCUT2D eigenvalue weighted by molar-refractivity contribution is 0.100. The first kappa shape index (κ1) is 13.0. The van der Waals surface area contributed by atoms with Gasteiger partial charge in [-0.25, -0.2) is 9.97 Å². The fourth-order valence-corrected chi connectivity index (χ4v) is 2.41. The number of carbonyl (C=O) groups is 1. The van der Waals surface area contributed by atoms with E-state index in [9.17, 15) is 4.79 Å². The predicted octanol–water partition coefficient (Wildman–Crippen LogP) is 3.44. The highest BCUT2D eigenvalue weighted by molar-refractivity contribution is 9.10. The molecule has 0 saturated carbocycles. The SMILES string of the molecule is CC(=O)c1nc2cccnc2n1Cc1ccc(Br)cc1. The van der Waals surface area contributed by atoms with Gasteiger partial charge in [-0.05, 0) is 29.8 Å². The number of imidazole rings is 1. The van der Waals surface area contributed by atoms with Crippen molar-refractivity contribution in [2.45, 2.75) is 13.5 Å². The molecule has 0 bridgehead atoms. The number of rotatable bonds is 3. The van der Waals surface area contributed by atoms with E-state index in [1.165, 1.54) is 6.92 Å². The molecule has 2 aromatic heterocycles. The van der Waals surface area contributed by atoms with Crippen LogP contribution < -0.4 is 0 Å². The van der Waals surface area contributed by atoms with Crippen molar-refractivity contribution in [1.29, 1.82) is 0 Å². The smallest absolute Gasteiger partial charge is 0.195 e. The molecule has 3 rings (SSSR count). The average Bonchev–Trinajstić information content (AvgIpc) is 2.81. The van der Waals surface area contributed by atoms with Crippen LogP contribution >= 0.6 is 15.9 Å². The summed E-state index contributed by atoms with van der Waals surface area (Å²) in [5, 5.41) is 0. The zero-order valence-corrected chi connectivity index (χ0v) is 12.5. The van der Waals surface area contributed by atoms with Crippen molar-refractivity contribution in [3.05, 3.63) is 58.5 Å². The van der Waals surface area contributed by atoms with Crippen LogP contribution in [0.2, 0.25) is 0 Å². The molecule has 4 nitrogen and oxygen atoms in total. The molecule has 0 unspecified atom stereocenters. The number of fused-ring (bicyclic) bond motifs is 1. The fraction of sp³-hybridized carbons (Fsp3) is 0.133. The van der Waals surface area contributed by atoms with Crippen molar-refractivity contribution in [2.24, 2.45) is 0 Å². The standard InChI is InChI=1S/C15H12BrN3O/c1-10(20)14-18-13-3-2-8-17-15(13)19(14)9-11-4-6-12(16)7-5-11/h2-8H,9H2,1H3. The molecule has 0 saturated heterocycles. The van der Waals surface area contributed by atoms with Crippen molar-refractivity contribution in [3.63, 3.8) is 0 Å². The first-order valence-corrected chi connectivity index (χ1v) is 7.01. The largest absolute Gasteiger partial charge is 0.302 e. The molecule has 0 fully saturated rings. The van der Waals surface area contributed by atoms with Crippen LogP contribution in [0.25, 0.3) is 11.2 Å². The van der Waals surface area contributed by atoms with E-state index < -0.39 is 0 Å². The maximum Gasteiger partial charge on any atom is 0.195 e. The molecular formula is C15H12BrN3O. The maximum atomic E-state index is 11.8. The molecule has 0 aliphatic heterocycles. The lowest BCUT2D eigenvalue weighted by Crippen LogP contribution is -2.09. The Hall–Kier alpha value is -2.01. The van der Waals surface area contributed by atoms with E-state index >= 15 is 0 Å². The Balaban J connectivity index is 2.11. The first-order valence-electron chi connectivity index (χ1n) is 6.22. The number of carbonyl (C=O) groups excluding carboxylic acids is 1. The Bertz CT molecular complexity index is 777. The second-order valence-corrected chi connectivity index (χ2v) is 5.47. The molecule has 0 amide bonds. The van der Waals surface area contributed by atoms with E-state index in [0.717, 1.165) is 21.2 Å². The number of nitrogens with zero attached hydrogens (tertiary/aromatic N) is 3. The van der Waals surface area contributed by atoms with E-state index in [0.29, 0.717) is 12.4 Å². The number of Topliss-reactive ketones (excluding diaryl/α,β-unsaturated/α-hetero) is 1. The number of hydrogen-bond acceptors (Lipinski definition) is 3. The summed E-state index contributed by atoms with van der Waals surface area (Å²) in [6.07, 6.45) is 1.71. The Kier molecular flexibility index (Phi) is 3.36. The molecule has 100 valence electrons. The van der Waals surface area contributed by atoms with Gasteiger partial charge in [-0.1, -0.05) is 28.1 Å². The molecular weight excluding hydrogens is 318 g/mol. The number of aromatic nitrogens is 3. The van der Waals surface area contributed by atoms with E-state index in [2.05, 4.69) is 25.9 Å². The minimum atomic E-state index is -0.0555. The van der Waals surface area contributed by atoms with Gasteiger partial charge < -0.3 is 4.57 Å². The third-order valence-corrected chi connectivity index (χ3v) is 3.60. The quantitative estimate of drug-likeness (QED) is 0.691. The van der Waals surface area contributed by atoms with Crippen LogP contribution in [0.15, 0.2) is 47.1 Å². The van der Waals surface area contributed by atoms with Crippen LogP contribution in [0.3, 0.4) is 0 Å². The van der Waals surface area contributed by atoms with Gasteiger partial charge in [0.1, 0.15) is 5.52 Å². The molecule has 0 aliphatic carbocycles. The van der Waals surface area contributed by atoms with Crippen molar-refractivity contribution >= 4 is 32.9 Å². The van der Waals surface area contributed by atoms with Crippen LogP contribution in [-0.2, 0) is 6.54 Å². The van der Waals surface area contributed by atoms with Crippen molar-refractivity contribution < 1.29 is 4.79 Å². The van der Waals surface area contributed by atoms with Gasteiger partial charge in [0, 0.05) is 17.6 Å². The van der Waals surface area contributed by atoms with Crippen molar-refractivity contribution in [1.82, 2.24) is 14.5 Å². The van der Waals surface area contributed by atoms with E-state index in [1.54, 1.807) is 6.20 Å². The Morgan fingerprint density at radius 3 is 2.70 bits per heavy atom. The highest BCUT2D eigenvalue weighted by atomic mass is 79.9. The minimum Gasteiger partial charge on any atom is -0.302 e. The summed E-state index contributed by atoms with van der Waals surface area (Å²) < 4.78 is 2.89. The fourth-order valence-electron chi connectivity index (χ4n) is 2.15. The van der Waals surface area contributed by atoms with Gasteiger partial charge in [0.05, 0.1) is 6.54 Å². The van der Waals surface area contributed by atoms with Gasteiger partial charge in [-0.2, -0.15) is 0 Å². The van der Waals surface area contributed by atoms with E-state index in [4.69, 9.17) is 0 Å². The number of pyridine rings is 1. The van der Waals surface area contributed by atoms with Crippen LogP contribution in [0.5, 0.6) is 0 Å². The van der Waals surface area contributed by atoms with E-state index in [-0.39, 0.29) is 5.78 Å². The summed E-state index contributed by atoms with van der Waals surface area (Å²) in [6.45, 7) is 2.11. The lowest BCUT2D eigenvalue weighted by Gasteiger charge is -2.07. The third kappa shape index (κ3) is 2.36. The van der Waals surface area contributed by atoms with Crippen LogP contribution in [0.4, 0.5) is 0 Å². The highest BCUT2D eigenvalue weighted by Crippen LogP contribution is 2.17. The molecule has 20 heavy (non-hydrogen) atoms. The maximum absolute atomic E-state index is 11.8. The summed E-state index contributed by atoms with van der Waals surface area (Å²) in [6, 6.07) is 11.7. The number of benzene rings is 1. The molecule has 3 aromatic rings. The molecule has 5 heteroatoms. The summed E-state index contributed by atoms with van der Waals surface area (Å²) in [5.74, 6) is 0.390. The summed E-state index contributed by atoms with van der Waals surface area (Å²) >= 11 is 3.42. The molecule has 0 atom stereocenters. The molecule has 1 aromatic carbocycles. The minimum absolute atomic E-state index is 0.0555. The third-order valence-electron chi connectivity index (χ3n) is 3.07. The highest BCUT2D eigenvalue weighted by Gasteiger charge is 2.15. The van der Waals surface area contributed by atoms with Crippen molar-refractivity contribution in [2.75, 3.05) is 0 Å².